The summed E-state index contributed by atoms with van der Waals surface area (Å²) in [6, 6.07) is 0. The molecule has 0 bridgehead atoms. The average molecular weight is 199 g/mol. The van der Waals surface area contributed by atoms with Gasteiger partial charge in [-0.15, -0.1) is 0 Å². The van der Waals surface area contributed by atoms with Gasteiger partial charge in [0.05, 0.1) is 5.41 Å². The Morgan fingerprint density at radius 1 is 1.29 bits per heavy atom. The molecule has 0 aromatic rings. The van der Waals surface area contributed by atoms with Gasteiger partial charge < -0.3 is 14.9 Å². The summed E-state index contributed by atoms with van der Waals surface area (Å²) in [6.07, 6.45) is 2.36. The lowest BCUT2D eigenvalue weighted by Crippen LogP contribution is -2.39. The van der Waals surface area contributed by atoms with Crippen LogP contribution in [0.4, 0.5) is 0 Å². The molecule has 0 rings (SSSR count). The highest BCUT2D eigenvalue weighted by Gasteiger charge is 2.31. The van der Waals surface area contributed by atoms with E-state index in [-0.39, 0.29) is 18.7 Å². The first-order chi connectivity index (χ1) is 6.60. The Kier molecular flexibility index (Phi) is 5.76. The Hall–Kier alpha value is -1.19. The Morgan fingerprint density at radius 3 is 2.14 bits per heavy atom. The van der Waals surface area contributed by atoms with Crippen molar-refractivity contribution in [1.29, 1.82) is 0 Å². The number of hydrogen-bond acceptors (Lipinski definition) is 3. The molecule has 0 aromatic carbocycles. The molecule has 0 aliphatic carbocycles. The minimum absolute atomic E-state index is 0.0846. The first-order valence-electron chi connectivity index (χ1n) is 4.76. The van der Waals surface area contributed by atoms with E-state index in [1.54, 1.807) is 6.92 Å². The third kappa shape index (κ3) is 3.68. The van der Waals surface area contributed by atoms with Crippen molar-refractivity contribution in [2.75, 3.05) is 6.54 Å². The van der Waals surface area contributed by atoms with E-state index in [2.05, 4.69) is 5.32 Å². The van der Waals surface area contributed by atoms with Gasteiger partial charge in [-0.1, -0.05) is 6.92 Å². The number of aldehydes is 2. The molecule has 4 heteroatoms. The largest absolute Gasteiger partial charge is 0.356 e. The van der Waals surface area contributed by atoms with Crippen LogP contribution in [0.15, 0.2) is 0 Å². The molecular weight excluding hydrogens is 182 g/mol. The monoisotopic (exact) mass is 199 g/mol. The molecule has 1 amide bonds. The van der Waals surface area contributed by atoms with Crippen molar-refractivity contribution in [1.82, 2.24) is 5.32 Å². The summed E-state index contributed by atoms with van der Waals surface area (Å²) < 4.78 is 0. The lowest BCUT2D eigenvalue weighted by atomic mass is 9.83. The molecule has 14 heavy (non-hydrogen) atoms. The van der Waals surface area contributed by atoms with Gasteiger partial charge in [-0.25, -0.2) is 0 Å². The van der Waals surface area contributed by atoms with Crippen LogP contribution in [0.3, 0.4) is 0 Å². The predicted octanol–water partition coefficient (Wildman–Crippen LogP) is 0.697. The number of carbonyl (C=O) groups is 3. The summed E-state index contributed by atoms with van der Waals surface area (Å²) in [6.45, 7) is 4.14. The maximum Gasteiger partial charge on any atom is 0.226 e. The summed E-state index contributed by atoms with van der Waals surface area (Å²) in [5.41, 5.74) is -0.876. The smallest absolute Gasteiger partial charge is 0.226 e. The summed E-state index contributed by atoms with van der Waals surface area (Å²) in [5, 5.41) is 2.69. The summed E-state index contributed by atoms with van der Waals surface area (Å²) >= 11 is 0. The highest BCUT2D eigenvalue weighted by Crippen LogP contribution is 2.23. The molecule has 0 radical (unpaired) electrons. The first kappa shape index (κ1) is 12.8. The van der Waals surface area contributed by atoms with E-state index in [0.29, 0.717) is 19.1 Å². The van der Waals surface area contributed by atoms with Crippen LogP contribution in [0, 0.1) is 5.41 Å². The third-order valence-electron chi connectivity index (χ3n) is 2.15. The fraction of sp³-hybridized carbons (Fsp3) is 0.700. The highest BCUT2D eigenvalue weighted by atomic mass is 16.2. The predicted molar refractivity (Wildman–Crippen MR) is 52.8 cm³/mol. The van der Waals surface area contributed by atoms with Crippen LogP contribution in [0.2, 0.25) is 0 Å². The molecule has 1 N–H and O–H groups in total. The Balaban J connectivity index is 4.37. The van der Waals surface area contributed by atoms with Gasteiger partial charge in [0.1, 0.15) is 12.6 Å². The summed E-state index contributed by atoms with van der Waals surface area (Å²) in [5.74, 6) is -0.224. The van der Waals surface area contributed by atoms with Crippen LogP contribution in [-0.2, 0) is 14.4 Å². The van der Waals surface area contributed by atoms with Crippen molar-refractivity contribution in [3.05, 3.63) is 0 Å². The van der Waals surface area contributed by atoms with Gasteiger partial charge >= 0.3 is 0 Å². The highest BCUT2D eigenvalue weighted by molar-refractivity contribution is 5.86. The number of hydrogen-bond donors (Lipinski definition) is 1. The zero-order valence-corrected chi connectivity index (χ0v) is 8.71. The minimum atomic E-state index is -0.876. The van der Waals surface area contributed by atoms with Gasteiger partial charge in [0.25, 0.3) is 0 Å². The van der Waals surface area contributed by atoms with Crippen molar-refractivity contribution in [3.8, 4) is 0 Å². The molecule has 0 aliphatic rings. The molecule has 0 spiro atoms. The van der Waals surface area contributed by atoms with E-state index in [4.69, 9.17) is 0 Å². The van der Waals surface area contributed by atoms with E-state index in [0.717, 1.165) is 6.42 Å². The lowest BCUT2D eigenvalue weighted by molar-refractivity contribution is -0.134. The van der Waals surface area contributed by atoms with Crippen LogP contribution in [0.5, 0.6) is 0 Å². The van der Waals surface area contributed by atoms with Crippen LogP contribution >= 0.6 is 0 Å². The fourth-order valence-corrected chi connectivity index (χ4v) is 1.09. The fourth-order valence-electron chi connectivity index (χ4n) is 1.09. The van der Waals surface area contributed by atoms with Gasteiger partial charge in [0.2, 0.25) is 5.91 Å². The molecule has 4 nitrogen and oxygen atoms in total. The zero-order valence-electron chi connectivity index (χ0n) is 8.71. The molecule has 0 aliphatic heterocycles. The minimum Gasteiger partial charge on any atom is -0.356 e. The van der Waals surface area contributed by atoms with E-state index in [9.17, 15) is 14.4 Å². The molecule has 0 heterocycles. The lowest BCUT2D eigenvalue weighted by Gasteiger charge is -2.23. The normalized spacial score (nSPS) is 10.7. The molecule has 0 saturated heterocycles. The quantitative estimate of drug-likeness (QED) is 0.614. The van der Waals surface area contributed by atoms with Gasteiger partial charge in [-0.2, -0.15) is 0 Å². The summed E-state index contributed by atoms with van der Waals surface area (Å²) in [4.78, 5) is 32.3. The van der Waals surface area contributed by atoms with E-state index < -0.39 is 5.41 Å². The van der Waals surface area contributed by atoms with Gasteiger partial charge in [0.15, 0.2) is 0 Å². The maximum absolute atomic E-state index is 11.6. The van der Waals surface area contributed by atoms with Crippen LogP contribution in [0.1, 0.15) is 33.1 Å². The molecule has 0 saturated carbocycles. The molecule has 0 fully saturated rings. The van der Waals surface area contributed by atoms with Crippen molar-refractivity contribution in [2.45, 2.75) is 33.1 Å². The SMILES string of the molecule is CCCNC(=O)C(C)(CC=O)CC=O. The zero-order chi connectivity index (χ0) is 11.0. The van der Waals surface area contributed by atoms with Gasteiger partial charge in [0, 0.05) is 19.4 Å². The van der Waals surface area contributed by atoms with Crippen LogP contribution in [0.25, 0.3) is 0 Å². The molecular formula is C10H17NO3. The Morgan fingerprint density at radius 2 is 1.79 bits per heavy atom. The number of nitrogens with one attached hydrogen (secondary N) is 1. The molecule has 80 valence electrons. The second kappa shape index (κ2) is 6.29. The number of carbonyl (C=O) groups excluding carboxylic acids is 3. The third-order valence-corrected chi connectivity index (χ3v) is 2.15. The van der Waals surface area contributed by atoms with E-state index >= 15 is 0 Å². The van der Waals surface area contributed by atoms with Crippen molar-refractivity contribution in [3.63, 3.8) is 0 Å². The summed E-state index contributed by atoms with van der Waals surface area (Å²) in [7, 11) is 0. The van der Waals surface area contributed by atoms with E-state index in [1.807, 2.05) is 6.92 Å². The van der Waals surface area contributed by atoms with Crippen LogP contribution in [-0.4, -0.2) is 25.0 Å². The number of amides is 1. The van der Waals surface area contributed by atoms with Crippen molar-refractivity contribution >= 4 is 18.5 Å². The topological polar surface area (TPSA) is 63.2 Å². The molecule has 0 unspecified atom stereocenters. The average Bonchev–Trinajstić information content (AvgIpc) is 2.15. The van der Waals surface area contributed by atoms with Gasteiger partial charge in [-0.05, 0) is 13.3 Å². The van der Waals surface area contributed by atoms with Crippen molar-refractivity contribution < 1.29 is 14.4 Å². The second-order valence-electron chi connectivity index (χ2n) is 3.56. The van der Waals surface area contributed by atoms with Crippen molar-refractivity contribution in [2.24, 2.45) is 5.41 Å². The van der Waals surface area contributed by atoms with E-state index in [1.165, 1.54) is 0 Å². The maximum atomic E-state index is 11.6. The molecule has 0 aromatic heterocycles. The molecule has 0 atom stereocenters. The van der Waals surface area contributed by atoms with Gasteiger partial charge in [-0.3, -0.25) is 4.79 Å². The van der Waals surface area contributed by atoms with Crippen LogP contribution < -0.4 is 5.32 Å². The Labute approximate surface area is 84.1 Å². The number of rotatable bonds is 7. The standard InChI is InChI=1S/C10H17NO3/c1-3-6-11-9(14)10(2,4-7-12)5-8-13/h7-8H,3-6H2,1-2H3,(H,11,14). The Bertz CT molecular complexity index is 203. The second-order valence-corrected chi connectivity index (χ2v) is 3.56. The first-order valence-corrected chi connectivity index (χ1v) is 4.76.